The molecule has 2 rings (SSSR count). The molecule has 0 radical (unpaired) electrons. The Labute approximate surface area is 136 Å². The first-order valence-corrected chi connectivity index (χ1v) is 8.30. The van der Waals surface area contributed by atoms with Gasteiger partial charge in [-0.05, 0) is 37.1 Å². The maximum Gasteiger partial charge on any atom is 0.573 e. The van der Waals surface area contributed by atoms with Crippen molar-refractivity contribution >= 4 is 16.0 Å². The van der Waals surface area contributed by atoms with E-state index in [1.807, 2.05) is 0 Å². The SMILES string of the molecule is O=C(O)C=C1CCN(S(=O)(=O)c2ccc(OC(F)(F)F)cc2)CC1. The number of rotatable bonds is 4. The van der Waals surface area contributed by atoms with Gasteiger partial charge in [-0.2, -0.15) is 4.31 Å². The van der Waals surface area contributed by atoms with Crippen molar-refractivity contribution in [2.45, 2.75) is 24.1 Å². The molecule has 0 saturated carbocycles. The van der Waals surface area contributed by atoms with Crippen LogP contribution < -0.4 is 4.74 Å². The van der Waals surface area contributed by atoms with E-state index in [1.165, 1.54) is 4.31 Å². The van der Waals surface area contributed by atoms with Crippen molar-refractivity contribution in [2.75, 3.05) is 13.1 Å². The lowest BCUT2D eigenvalue weighted by Crippen LogP contribution is -2.36. The molecule has 1 fully saturated rings. The van der Waals surface area contributed by atoms with Gasteiger partial charge in [-0.3, -0.25) is 0 Å². The number of carboxylic acid groups (broad SMARTS) is 1. The van der Waals surface area contributed by atoms with E-state index in [0.29, 0.717) is 18.4 Å². The second-order valence-corrected chi connectivity index (χ2v) is 7.00. The Kier molecular flexibility index (Phi) is 5.19. The Bertz CT molecular complexity index is 731. The van der Waals surface area contributed by atoms with E-state index in [-0.39, 0.29) is 18.0 Å². The van der Waals surface area contributed by atoms with Crippen molar-refractivity contribution in [1.82, 2.24) is 4.31 Å². The molecule has 1 aliphatic heterocycles. The standard InChI is InChI=1S/C14H14F3NO5S/c15-14(16,17)23-11-1-3-12(4-2-11)24(21,22)18-7-5-10(6-8-18)9-13(19)20/h1-4,9H,5-8H2,(H,19,20). The minimum atomic E-state index is -4.85. The summed E-state index contributed by atoms with van der Waals surface area (Å²) in [4.78, 5) is 10.4. The lowest BCUT2D eigenvalue weighted by molar-refractivity contribution is -0.274. The highest BCUT2D eigenvalue weighted by Gasteiger charge is 2.32. The molecule has 132 valence electrons. The van der Waals surface area contributed by atoms with Gasteiger partial charge in [0.05, 0.1) is 4.90 Å². The number of carbonyl (C=O) groups is 1. The summed E-state index contributed by atoms with van der Waals surface area (Å²) >= 11 is 0. The van der Waals surface area contributed by atoms with Gasteiger partial charge in [-0.1, -0.05) is 5.57 Å². The van der Waals surface area contributed by atoms with E-state index in [4.69, 9.17) is 5.11 Å². The lowest BCUT2D eigenvalue weighted by atomic mass is 10.1. The zero-order valence-corrected chi connectivity index (χ0v) is 13.1. The van der Waals surface area contributed by atoms with E-state index < -0.39 is 28.1 Å². The predicted octanol–water partition coefficient (Wildman–Crippen LogP) is 2.38. The Morgan fingerprint density at radius 1 is 1.17 bits per heavy atom. The number of piperidine rings is 1. The summed E-state index contributed by atoms with van der Waals surface area (Å²) in [7, 11) is -3.85. The van der Waals surface area contributed by atoms with Crippen LogP contribution in [0.4, 0.5) is 13.2 Å². The van der Waals surface area contributed by atoms with Gasteiger partial charge in [0.15, 0.2) is 0 Å². The summed E-state index contributed by atoms with van der Waals surface area (Å²) in [5, 5.41) is 8.68. The first-order valence-electron chi connectivity index (χ1n) is 6.86. The van der Waals surface area contributed by atoms with Crippen LogP contribution in [0.3, 0.4) is 0 Å². The number of aliphatic carboxylic acids is 1. The highest BCUT2D eigenvalue weighted by atomic mass is 32.2. The fourth-order valence-corrected chi connectivity index (χ4v) is 3.74. The third-order valence-corrected chi connectivity index (χ3v) is 5.30. The molecule has 1 heterocycles. The van der Waals surface area contributed by atoms with Gasteiger partial charge < -0.3 is 9.84 Å². The van der Waals surface area contributed by atoms with Crippen LogP contribution in [0.15, 0.2) is 40.8 Å². The summed E-state index contributed by atoms with van der Waals surface area (Å²) in [6.45, 7) is 0.227. The molecule has 1 aromatic carbocycles. The van der Waals surface area contributed by atoms with Crippen molar-refractivity contribution in [1.29, 1.82) is 0 Å². The van der Waals surface area contributed by atoms with Crippen LogP contribution in [0, 0.1) is 0 Å². The molecule has 10 heteroatoms. The minimum Gasteiger partial charge on any atom is -0.478 e. The second-order valence-electron chi connectivity index (χ2n) is 5.06. The van der Waals surface area contributed by atoms with E-state index in [2.05, 4.69) is 4.74 Å². The first kappa shape index (κ1) is 18.3. The molecule has 0 unspecified atom stereocenters. The summed E-state index contributed by atoms with van der Waals surface area (Å²) in [6, 6.07) is 3.94. The smallest absolute Gasteiger partial charge is 0.478 e. The average molecular weight is 365 g/mol. The molecule has 0 atom stereocenters. The van der Waals surface area contributed by atoms with E-state index >= 15 is 0 Å². The summed E-state index contributed by atoms with van der Waals surface area (Å²) in [6.07, 6.45) is -3.20. The molecule has 0 spiro atoms. The van der Waals surface area contributed by atoms with Crippen LogP contribution in [0.5, 0.6) is 5.75 Å². The maximum absolute atomic E-state index is 12.4. The monoisotopic (exact) mass is 365 g/mol. The summed E-state index contributed by atoms with van der Waals surface area (Å²) in [5.74, 6) is -1.59. The van der Waals surface area contributed by atoms with Crippen molar-refractivity contribution in [2.24, 2.45) is 0 Å². The largest absolute Gasteiger partial charge is 0.573 e. The van der Waals surface area contributed by atoms with E-state index in [9.17, 15) is 26.4 Å². The lowest BCUT2D eigenvalue weighted by Gasteiger charge is -2.27. The number of carboxylic acids is 1. The fraction of sp³-hybridized carbons (Fsp3) is 0.357. The Morgan fingerprint density at radius 2 is 1.71 bits per heavy atom. The topological polar surface area (TPSA) is 83.9 Å². The van der Waals surface area contributed by atoms with Crippen LogP contribution >= 0.6 is 0 Å². The van der Waals surface area contributed by atoms with Gasteiger partial charge in [-0.15, -0.1) is 13.2 Å². The van der Waals surface area contributed by atoms with E-state index in [1.54, 1.807) is 0 Å². The van der Waals surface area contributed by atoms with E-state index in [0.717, 1.165) is 30.3 Å². The molecule has 0 aromatic heterocycles. The second kappa shape index (κ2) is 6.81. The van der Waals surface area contributed by atoms with Gasteiger partial charge in [0.25, 0.3) is 0 Å². The molecule has 24 heavy (non-hydrogen) atoms. The van der Waals surface area contributed by atoms with Crippen LogP contribution in [0.25, 0.3) is 0 Å². The number of hydrogen-bond acceptors (Lipinski definition) is 4. The Hall–Kier alpha value is -2.07. The van der Waals surface area contributed by atoms with Gasteiger partial charge >= 0.3 is 12.3 Å². The highest BCUT2D eigenvalue weighted by Crippen LogP contribution is 2.27. The molecule has 1 aromatic rings. The van der Waals surface area contributed by atoms with Crippen LogP contribution in [0.2, 0.25) is 0 Å². The van der Waals surface area contributed by atoms with Gasteiger partial charge in [0.1, 0.15) is 5.75 Å². The molecule has 1 saturated heterocycles. The van der Waals surface area contributed by atoms with Gasteiger partial charge in [0, 0.05) is 19.2 Å². The molecule has 1 aliphatic rings. The van der Waals surface area contributed by atoms with Gasteiger partial charge in [0.2, 0.25) is 10.0 Å². The minimum absolute atomic E-state index is 0.113. The number of halogens is 3. The quantitative estimate of drug-likeness (QED) is 0.829. The van der Waals surface area contributed by atoms with Crippen LogP contribution in [-0.2, 0) is 14.8 Å². The summed E-state index contributed by atoms with van der Waals surface area (Å²) in [5.41, 5.74) is 0.642. The zero-order valence-electron chi connectivity index (χ0n) is 12.3. The van der Waals surface area contributed by atoms with Gasteiger partial charge in [-0.25, -0.2) is 13.2 Å². The third kappa shape index (κ3) is 4.71. The van der Waals surface area contributed by atoms with Crippen molar-refractivity contribution < 1.29 is 36.2 Å². The first-order chi connectivity index (χ1) is 11.1. The Morgan fingerprint density at radius 3 is 2.17 bits per heavy atom. The maximum atomic E-state index is 12.4. The number of alkyl halides is 3. The van der Waals surface area contributed by atoms with Crippen LogP contribution in [-0.4, -0.2) is 43.3 Å². The third-order valence-electron chi connectivity index (χ3n) is 3.39. The van der Waals surface area contributed by atoms with Crippen molar-refractivity contribution in [3.63, 3.8) is 0 Å². The fourth-order valence-electron chi connectivity index (χ4n) is 2.30. The molecule has 0 amide bonds. The average Bonchev–Trinajstić information content (AvgIpc) is 2.46. The molecule has 1 N–H and O–H groups in total. The predicted molar refractivity (Wildman–Crippen MR) is 76.8 cm³/mol. The number of ether oxygens (including phenoxy) is 1. The normalized spacial score (nSPS) is 16.7. The van der Waals surface area contributed by atoms with Crippen molar-refractivity contribution in [3.8, 4) is 5.75 Å². The molecule has 0 aliphatic carbocycles. The zero-order chi connectivity index (χ0) is 18.0. The Balaban J connectivity index is 2.10. The molecule has 6 nitrogen and oxygen atoms in total. The number of benzene rings is 1. The molecule has 0 bridgehead atoms. The number of nitrogens with zero attached hydrogens (tertiary/aromatic N) is 1. The van der Waals surface area contributed by atoms with Crippen LogP contribution in [0.1, 0.15) is 12.8 Å². The highest BCUT2D eigenvalue weighted by molar-refractivity contribution is 7.89. The number of sulfonamides is 1. The molecular formula is C14H14F3NO5S. The summed E-state index contributed by atoms with van der Waals surface area (Å²) < 4.78 is 66.0. The number of hydrogen-bond donors (Lipinski definition) is 1. The molecular weight excluding hydrogens is 351 g/mol. The van der Waals surface area contributed by atoms with Crippen molar-refractivity contribution in [3.05, 3.63) is 35.9 Å².